The molecule has 0 bridgehead atoms. The quantitative estimate of drug-likeness (QED) is 0.931. The number of nitrogens with zero attached hydrogens (tertiary/aromatic N) is 4. The van der Waals surface area contributed by atoms with E-state index in [1.165, 1.54) is 0 Å². The van der Waals surface area contributed by atoms with Gasteiger partial charge in [0.05, 0.1) is 12.2 Å². The third kappa shape index (κ3) is 3.13. The van der Waals surface area contributed by atoms with E-state index in [4.69, 9.17) is 0 Å². The average molecular weight is 275 g/mol. The molecule has 0 unspecified atom stereocenters. The van der Waals surface area contributed by atoms with Gasteiger partial charge in [0.15, 0.2) is 0 Å². The fourth-order valence-electron chi connectivity index (χ4n) is 1.18. The molecule has 0 fully saturated rings. The molecule has 2 heterocycles. The van der Waals surface area contributed by atoms with Crippen molar-refractivity contribution in [1.29, 1.82) is 0 Å². The van der Waals surface area contributed by atoms with Gasteiger partial charge in [-0.3, -0.25) is 0 Å². The highest BCUT2D eigenvalue weighted by Crippen LogP contribution is 2.28. The van der Waals surface area contributed by atoms with E-state index >= 15 is 0 Å². The summed E-state index contributed by atoms with van der Waals surface area (Å²) in [6, 6.07) is 1.67. The van der Waals surface area contributed by atoms with E-state index in [0.717, 1.165) is 0 Å². The Kier molecular flexibility index (Phi) is 3.41. The maximum absolute atomic E-state index is 12.3. The Labute approximate surface area is 104 Å². The van der Waals surface area contributed by atoms with Crippen molar-refractivity contribution in [2.45, 2.75) is 19.6 Å². The monoisotopic (exact) mass is 275 g/mol. The maximum atomic E-state index is 12.3. The molecule has 0 aliphatic rings. The highest BCUT2D eigenvalue weighted by molar-refractivity contribution is 7.09. The smallest absolute Gasteiger partial charge is 0.355 e. The van der Waals surface area contributed by atoms with Crippen LogP contribution in [0.3, 0.4) is 0 Å². The summed E-state index contributed by atoms with van der Waals surface area (Å²) in [6.45, 7) is 2.01. The normalized spacial score (nSPS) is 11.6. The zero-order valence-electron chi connectivity index (χ0n) is 9.19. The summed E-state index contributed by atoms with van der Waals surface area (Å²) in [5.41, 5.74) is 0.672. The van der Waals surface area contributed by atoms with E-state index in [1.807, 2.05) is 0 Å². The molecule has 96 valence electrons. The minimum Gasteiger partial charge on any atom is -0.355 e. The van der Waals surface area contributed by atoms with Crippen molar-refractivity contribution < 1.29 is 13.2 Å². The lowest BCUT2D eigenvalue weighted by Gasteiger charge is -2.02. The molecule has 2 aromatic heterocycles. The zero-order valence-corrected chi connectivity index (χ0v) is 10.0. The van der Waals surface area contributed by atoms with Gasteiger partial charge in [-0.2, -0.15) is 22.5 Å². The second-order valence-electron chi connectivity index (χ2n) is 3.37. The first-order valence-electron chi connectivity index (χ1n) is 4.88. The summed E-state index contributed by atoms with van der Waals surface area (Å²) in [6.07, 6.45) is -2.93. The molecule has 0 saturated carbocycles. The Morgan fingerprint density at radius 1 is 1.33 bits per heavy atom. The molecule has 1 N–H and O–H groups in total. The molecule has 0 radical (unpaired) electrons. The molecule has 18 heavy (non-hydrogen) atoms. The van der Waals surface area contributed by atoms with Gasteiger partial charge in [0.1, 0.15) is 5.82 Å². The van der Waals surface area contributed by atoms with E-state index < -0.39 is 12.0 Å². The van der Waals surface area contributed by atoms with Crippen LogP contribution >= 0.6 is 11.5 Å². The Bertz CT molecular complexity index is 539. The molecule has 9 heteroatoms. The number of hydrogen-bond acceptors (Lipinski definition) is 6. The molecule has 0 saturated heterocycles. The number of halogens is 3. The van der Waals surface area contributed by atoms with E-state index in [9.17, 15) is 13.2 Å². The molecule has 2 aromatic rings. The molecule has 2 rings (SSSR count). The number of aromatic nitrogens is 4. The van der Waals surface area contributed by atoms with Crippen molar-refractivity contribution in [3.05, 3.63) is 29.6 Å². The summed E-state index contributed by atoms with van der Waals surface area (Å²) in [7, 11) is 0. The lowest BCUT2D eigenvalue weighted by molar-refractivity contribution is -0.144. The van der Waals surface area contributed by atoms with Crippen LogP contribution in [-0.4, -0.2) is 19.3 Å². The molecule has 0 aromatic carbocycles. The Morgan fingerprint density at radius 3 is 2.72 bits per heavy atom. The van der Waals surface area contributed by atoms with E-state index in [2.05, 4.69) is 24.6 Å². The third-order valence-corrected chi connectivity index (χ3v) is 2.61. The lowest BCUT2D eigenvalue weighted by atomic mass is 10.4. The maximum Gasteiger partial charge on any atom is 0.452 e. The van der Waals surface area contributed by atoms with Crippen LogP contribution in [0.5, 0.6) is 0 Å². The Hall–Kier alpha value is -1.77. The minimum absolute atomic E-state index is 0.110. The van der Waals surface area contributed by atoms with Gasteiger partial charge in [0.2, 0.25) is 11.0 Å². The number of hydrogen-bond donors (Lipinski definition) is 1. The summed E-state index contributed by atoms with van der Waals surface area (Å²) < 4.78 is 40.0. The SMILES string of the molecule is Cc1nccc(CNc2nc(C(F)(F)F)ns2)n1. The van der Waals surface area contributed by atoms with Crippen molar-refractivity contribution in [2.75, 3.05) is 5.32 Å². The van der Waals surface area contributed by atoms with Crippen LogP contribution in [-0.2, 0) is 12.7 Å². The standard InChI is InChI=1S/C9H8F3N5S/c1-5-13-3-2-6(15-5)4-14-8-16-7(17-18-8)9(10,11)12/h2-3H,4H2,1H3,(H,14,16,17). The summed E-state index contributed by atoms with van der Waals surface area (Å²) >= 11 is 0.664. The van der Waals surface area contributed by atoms with Gasteiger partial charge in [-0.15, -0.1) is 0 Å². The van der Waals surface area contributed by atoms with Gasteiger partial charge >= 0.3 is 6.18 Å². The average Bonchev–Trinajstić information content (AvgIpc) is 2.74. The first kappa shape index (κ1) is 12.7. The highest BCUT2D eigenvalue weighted by Gasteiger charge is 2.36. The van der Waals surface area contributed by atoms with Crippen LogP contribution < -0.4 is 5.32 Å². The molecule has 0 aliphatic carbocycles. The molecule has 0 aliphatic heterocycles. The first-order valence-corrected chi connectivity index (χ1v) is 5.66. The number of rotatable bonds is 3. The van der Waals surface area contributed by atoms with E-state index in [1.54, 1.807) is 19.2 Å². The van der Waals surface area contributed by atoms with E-state index in [0.29, 0.717) is 23.1 Å². The predicted octanol–water partition coefficient (Wildman–Crippen LogP) is 2.27. The zero-order chi connectivity index (χ0) is 13.2. The molecule has 0 amide bonds. The van der Waals surface area contributed by atoms with Crippen LogP contribution in [0.4, 0.5) is 18.3 Å². The topological polar surface area (TPSA) is 63.6 Å². The predicted molar refractivity (Wildman–Crippen MR) is 59.0 cm³/mol. The Balaban J connectivity index is 2.01. The lowest BCUT2D eigenvalue weighted by Crippen LogP contribution is -2.08. The largest absolute Gasteiger partial charge is 0.452 e. The van der Waals surface area contributed by atoms with Crippen molar-refractivity contribution in [1.82, 2.24) is 19.3 Å². The van der Waals surface area contributed by atoms with Crippen LogP contribution in [0.2, 0.25) is 0 Å². The molecule has 5 nitrogen and oxygen atoms in total. The third-order valence-electron chi connectivity index (χ3n) is 1.93. The number of anilines is 1. The van der Waals surface area contributed by atoms with Crippen LogP contribution in [0.25, 0.3) is 0 Å². The van der Waals surface area contributed by atoms with Gasteiger partial charge in [0.25, 0.3) is 0 Å². The highest BCUT2D eigenvalue weighted by atomic mass is 32.1. The van der Waals surface area contributed by atoms with Crippen molar-refractivity contribution in [3.63, 3.8) is 0 Å². The van der Waals surface area contributed by atoms with Crippen LogP contribution in [0.15, 0.2) is 12.3 Å². The second-order valence-corrected chi connectivity index (χ2v) is 4.12. The van der Waals surface area contributed by atoms with Crippen molar-refractivity contribution in [2.24, 2.45) is 0 Å². The second kappa shape index (κ2) is 4.84. The van der Waals surface area contributed by atoms with Gasteiger partial charge in [0, 0.05) is 17.7 Å². The van der Waals surface area contributed by atoms with Gasteiger partial charge in [-0.1, -0.05) is 0 Å². The van der Waals surface area contributed by atoms with Crippen LogP contribution in [0, 0.1) is 6.92 Å². The van der Waals surface area contributed by atoms with Gasteiger partial charge in [-0.25, -0.2) is 9.97 Å². The van der Waals surface area contributed by atoms with Gasteiger partial charge < -0.3 is 5.32 Å². The first-order chi connectivity index (χ1) is 8.45. The minimum atomic E-state index is -4.51. The number of nitrogens with one attached hydrogen (secondary N) is 1. The molecular weight excluding hydrogens is 267 g/mol. The fourth-order valence-corrected chi connectivity index (χ4v) is 1.76. The summed E-state index contributed by atoms with van der Waals surface area (Å²) in [5.74, 6) is -0.531. The van der Waals surface area contributed by atoms with Crippen LogP contribution in [0.1, 0.15) is 17.3 Å². The Morgan fingerprint density at radius 2 is 2.11 bits per heavy atom. The summed E-state index contributed by atoms with van der Waals surface area (Å²) in [4.78, 5) is 11.4. The number of alkyl halides is 3. The summed E-state index contributed by atoms with van der Waals surface area (Å²) in [5, 5.41) is 2.85. The molecule has 0 atom stereocenters. The van der Waals surface area contributed by atoms with Gasteiger partial charge in [-0.05, 0) is 13.0 Å². The van der Waals surface area contributed by atoms with Crippen molar-refractivity contribution in [3.8, 4) is 0 Å². The number of aryl methyl sites for hydroxylation is 1. The molecular formula is C9H8F3N5S. The fraction of sp³-hybridized carbons (Fsp3) is 0.333. The van der Waals surface area contributed by atoms with E-state index in [-0.39, 0.29) is 11.7 Å². The molecule has 0 spiro atoms. The van der Waals surface area contributed by atoms with Crippen molar-refractivity contribution >= 4 is 16.7 Å².